The molecule has 0 fully saturated rings. The van der Waals surface area contributed by atoms with Gasteiger partial charge in [0.15, 0.2) is 13.2 Å². The summed E-state index contributed by atoms with van der Waals surface area (Å²) in [7, 11) is 0. The molecule has 29 heavy (non-hydrogen) atoms. The first-order valence-electron chi connectivity index (χ1n) is 9.59. The van der Waals surface area contributed by atoms with Gasteiger partial charge in [0.05, 0.1) is 0 Å². The smallest absolute Gasteiger partial charge is 0.344 e. The Morgan fingerprint density at radius 2 is 1.62 bits per heavy atom. The van der Waals surface area contributed by atoms with Crippen LogP contribution in [-0.2, 0) is 19.7 Å². The molecule has 0 bridgehead atoms. The molecule has 2 rings (SSSR count). The van der Waals surface area contributed by atoms with Crippen LogP contribution in [0.2, 0.25) is 0 Å². The van der Waals surface area contributed by atoms with Crippen LogP contribution in [0.1, 0.15) is 31.9 Å². The Hall–Kier alpha value is -2.47. The van der Waals surface area contributed by atoms with E-state index in [1.807, 2.05) is 31.2 Å². The summed E-state index contributed by atoms with van der Waals surface area (Å²) in [5.74, 6) is 0.440. The maximum atomic E-state index is 11.8. The molecule has 1 amide bonds. The molecule has 0 spiro atoms. The van der Waals surface area contributed by atoms with Crippen molar-refractivity contribution in [2.24, 2.45) is 0 Å². The molecule has 1 N–H and O–H groups in total. The van der Waals surface area contributed by atoms with Crippen molar-refractivity contribution in [3.05, 3.63) is 59.7 Å². The van der Waals surface area contributed by atoms with E-state index in [-0.39, 0.29) is 24.5 Å². The van der Waals surface area contributed by atoms with Gasteiger partial charge in [0.2, 0.25) is 0 Å². The fourth-order valence-corrected chi connectivity index (χ4v) is 3.19. The summed E-state index contributed by atoms with van der Waals surface area (Å²) in [6.45, 7) is 8.41. The lowest BCUT2D eigenvalue weighted by molar-refractivity contribution is -0.150. The number of hydrogen-bond donors (Lipinski definition) is 1. The molecule has 0 aromatic heterocycles. The van der Waals surface area contributed by atoms with Gasteiger partial charge in [-0.25, -0.2) is 4.79 Å². The molecule has 5 nitrogen and oxygen atoms in total. The molecule has 0 heterocycles. The zero-order chi connectivity index (χ0) is 21.3. The number of esters is 1. The first-order valence-corrected chi connectivity index (χ1v) is 10.6. The summed E-state index contributed by atoms with van der Waals surface area (Å²) in [6.07, 6.45) is 0. The Bertz CT molecular complexity index is 795. The number of carbonyl (C=O) groups excluding carboxylic acids is 2. The van der Waals surface area contributed by atoms with Gasteiger partial charge in [-0.2, -0.15) is 0 Å². The molecular weight excluding hydrogens is 386 g/mol. The quantitative estimate of drug-likeness (QED) is 0.379. The molecule has 0 aliphatic carbocycles. The van der Waals surface area contributed by atoms with E-state index in [2.05, 4.69) is 50.4 Å². The van der Waals surface area contributed by atoms with E-state index in [9.17, 15) is 9.59 Å². The van der Waals surface area contributed by atoms with Gasteiger partial charge in [0.25, 0.3) is 5.91 Å². The van der Waals surface area contributed by atoms with Gasteiger partial charge in [0, 0.05) is 17.2 Å². The largest absolute Gasteiger partial charge is 0.482 e. The molecular formula is C23H29NO4S. The summed E-state index contributed by atoms with van der Waals surface area (Å²) in [5.41, 5.74) is 2.46. The third-order valence-corrected chi connectivity index (χ3v) is 5.17. The first kappa shape index (κ1) is 22.8. The van der Waals surface area contributed by atoms with Gasteiger partial charge < -0.3 is 14.8 Å². The average Bonchev–Trinajstić information content (AvgIpc) is 2.69. The minimum atomic E-state index is -0.575. The Labute approximate surface area is 177 Å². The molecule has 0 saturated heterocycles. The Morgan fingerprint density at radius 3 is 2.24 bits per heavy atom. The van der Waals surface area contributed by atoms with Crippen molar-refractivity contribution in [1.29, 1.82) is 0 Å². The Kier molecular flexibility index (Phi) is 8.58. The van der Waals surface area contributed by atoms with Gasteiger partial charge in [-0.3, -0.25) is 4.79 Å². The van der Waals surface area contributed by atoms with Crippen LogP contribution in [0.3, 0.4) is 0 Å². The van der Waals surface area contributed by atoms with Crippen LogP contribution in [0.4, 0.5) is 0 Å². The minimum absolute atomic E-state index is 0.0590. The lowest BCUT2D eigenvalue weighted by Gasteiger charge is -2.19. The molecule has 156 valence electrons. The second kappa shape index (κ2) is 10.9. The number of aryl methyl sites for hydroxylation is 1. The highest BCUT2D eigenvalue weighted by Crippen LogP contribution is 2.24. The van der Waals surface area contributed by atoms with Crippen LogP contribution in [0.15, 0.2) is 53.4 Å². The van der Waals surface area contributed by atoms with Crippen molar-refractivity contribution in [2.45, 2.75) is 38.0 Å². The van der Waals surface area contributed by atoms with Crippen LogP contribution in [0.5, 0.6) is 5.75 Å². The van der Waals surface area contributed by atoms with Crippen molar-refractivity contribution >= 4 is 23.6 Å². The van der Waals surface area contributed by atoms with Crippen LogP contribution in [0.25, 0.3) is 0 Å². The zero-order valence-electron chi connectivity index (χ0n) is 17.5. The van der Waals surface area contributed by atoms with Crippen LogP contribution in [0, 0.1) is 6.92 Å². The number of nitrogens with one attached hydrogen (secondary N) is 1. The standard InChI is InChI=1S/C23H29NO4S/c1-17-5-11-20(12-6-17)29-14-13-24-21(25)15-28-22(26)16-27-19-9-7-18(8-10-19)23(2,3)4/h5-12H,13-16H2,1-4H3,(H,24,25). The fourth-order valence-electron chi connectivity index (χ4n) is 2.43. The molecule has 2 aromatic carbocycles. The van der Waals surface area contributed by atoms with Gasteiger partial charge in [-0.1, -0.05) is 50.6 Å². The molecule has 0 radical (unpaired) electrons. The SMILES string of the molecule is Cc1ccc(SCCNC(=O)COC(=O)COc2ccc(C(C)(C)C)cc2)cc1. The molecule has 0 unspecified atom stereocenters. The number of hydrogen-bond acceptors (Lipinski definition) is 5. The van der Waals surface area contributed by atoms with Crippen LogP contribution in [-0.4, -0.2) is 37.4 Å². The van der Waals surface area contributed by atoms with Crippen LogP contribution < -0.4 is 10.1 Å². The van der Waals surface area contributed by atoms with Gasteiger partial charge in [-0.05, 0) is 42.2 Å². The first-order chi connectivity index (χ1) is 13.7. The van der Waals surface area contributed by atoms with Crippen molar-refractivity contribution in [3.63, 3.8) is 0 Å². The molecule has 0 aliphatic rings. The third-order valence-electron chi connectivity index (χ3n) is 4.16. The number of rotatable bonds is 9. The molecule has 6 heteroatoms. The predicted molar refractivity (Wildman–Crippen MR) is 117 cm³/mol. The maximum absolute atomic E-state index is 11.8. The third kappa shape index (κ3) is 8.60. The topological polar surface area (TPSA) is 64.6 Å². The van der Waals surface area contributed by atoms with E-state index in [1.54, 1.807) is 11.8 Å². The van der Waals surface area contributed by atoms with Crippen molar-refractivity contribution in [1.82, 2.24) is 5.32 Å². The number of ether oxygens (including phenoxy) is 2. The van der Waals surface area contributed by atoms with E-state index in [4.69, 9.17) is 9.47 Å². The fraction of sp³-hybridized carbons (Fsp3) is 0.391. The highest BCUT2D eigenvalue weighted by Gasteiger charge is 2.13. The van der Waals surface area contributed by atoms with Crippen molar-refractivity contribution < 1.29 is 19.1 Å². The maximum Gasteiger partial charge on any atom is 0.344 e. The second-order valence-electron chi connectivity index (χ2n) is 7.74. The van der Waals surface area contributed by atoms with Gasteiger partial charge in [-0.15, -0.1) is 11.8 Å². The monoisotopic (exact) mass is 415 g/mol. The highest BCUT2D eigenvalue weighted by atomic mass is 32.2. The number of carbonyl (C=O) groups is 2. The Balaban J connectivity index is 1.59. The van der Waals surface area contributed by atoms with E-state index >= 15 is 0 Å². The van der Waals surface area contributed by atoms with Gasteiger partial charge in [0.1, 0.15) is 5.75 Å². The summed E-state index contributed by atoms with van der Waals surface area (Å²) in [6, 6.07) is 15.8. The molecule has 0 atom stereocenters. The lowest BCUT2D eigenvalue weighted by atomic mass is 9.87. The van der Waals surface area contributed by atoms with Gasteiger partial charge >= 0.3 is 5.97 Å². The highest BCUT2D eigenvalue weighted by molar-refractivity contribution is 7.99. The van der Waals surface area contributed by atoms with Crippen molar-refractivity contribution in [2.75, 3.05) is 25.5 Å². The summed E-state index contributed by atoms with van der Waals surface area (Å²) in [4.78, 5) is 24.7. The Morgan fingerprint density at radius 1 is 0.966 bits per heavy atom. The minimum Gasteiger partial charge on any atom is -0.482 e. The molecule has 0 aliphatic heterocycles. The number of benzene rings is 2. The second-order valence-corrected chi connectivity index (χ2v) is 8.90. The summed E-state index contributed by atoms with van der Waals surface area (Å²) >= 11 is 1.66. The van der Waals surface area contributed by atoms with E-state index in [0.29, 0.717) is 12.3 Å². The van der Waals surface area contributed by atoms with E-state index in [1.165, 1.54) is 11.1 Å². The zero-order valence-corrected chi connectivity index (χ0v) is 18.3. The van der Waals surface area contributed by atoms with Crippen LogP contribution >= 0.6 is 11.8 Å². The van der Waals surface area contributed by atoms with E-state index < -0.39 is 5.97 Å². The normalized spacial score (nSPS) is 11.0. The predicted octanol–water partition coefficient (Wildman–Crippen LogP) is 4.12. The lowest BCUT2D eigenvalue weighted by Crippen LogP contribution is -2.31. The number of thioether (sulfide) groups is 1. The summed E-state index contributed by atoms with van der Waals surface area (Å²) in [5, 5.41) is 2.74. The van der Waals surface area contributed by atoms with E-state index in [0.717, 1.165) is 10.6 Å². The number of amides is 1. The van der Waals surface area contributed by atoms with Crippen molar-refractivity contribution in [3.8, 4) is 5.75 Å². The molecule has 2 aromatic rings. The average molecular weight is 416 g/mol. The summed E-state index contributed by atoms with van der Waals surface area (Å²) < 4.78 is 10.4. The molecule has 0 saturated carbocycles.